The van der Waals surface area contributed by atoms with E-state index >= 15 is 0 Å². The highest BCUT2D eigenvalue weighted by molar-refractivity contribution is 5.86. The summed E-state index contributed by atoms with van der Waals surface area (Å²) in [6.45, 7) is 6.12. The van der Waals surface area contributed by atoms with Crippen molar-refractivity contribution in [2.45, 2.75) is 25.7 Å². The lowest BCUT2D eigenvalue weighted by Gasteiger charge is -2.27. The van der Waals surface area contributed by atoms with E-state index in [0.717, 1.165) is 13.1 Å². The average Bonchev–Trinajstić information content (AvgIpc) is 2.43. The minimum Gasteiger partial charge on any atom is -0.315 e. The Kier molecular flexibility index (Phi) is 4.19. The number of nitrogens with one attached hydrogen (secondary N) is 1. The largest absolute Gasteiger partial charge is 0.315 e. The van der Waals surface area contributed by atoms with Gasteiger partial charge in [0.15, 0.2) is 0 Å². The van der Waals surface area contributed by atoms with Crippen LogP contribution in [0.25, 0.3) is 10.8 Å². The highest BCUT2D eigenvalue weighted by Gasteiger charge is 2.21. The van der Waals surface area contributed by atoms with Gasteiger partial charge in [0.1, 0.15) is 0 Å². The first-order valence-corrected chi connectivity index (χ1v) is 6.71. The molecule has 2 heteroatoms. The van der Waals surface area contributed by atoms with E-state index in [1.54, 1.807) is 0 Å². The fourth-order valence-corrected chi connectivity index (χ4v) is 2.46. The Hall–Kier alpha value is -1.85. The van der Waals surface area contributed by atoms with Crippen molar-refractivity contribution < 1.29 is 0 Å². The van der Waals surface area contributed by atoms with Gasteiger partial charge in [0, 0.05) is 24.9 Å². The van der Waals surface area contributed by atoms with E-state index in [2.05, 4.69) is 67.7 Å². The molecule has 0 spiro atoms. The number of fused-ring (bicyclic) bond motifs is 1. The van der Waals surface area contributed by atoms with Gasteiger partial charge in [-0.05, 0) is 16.3 Å². The molecular weight excluding hydrogens is 232 g/mol. The van der Waals surface area contributed by atoms with Gasteiger partial charge in [-0.2, -0.15) is 5.26 Å². The molecule has 0 atom stereocenters. The molecule has 1 N–H and O–H groups in total. The SMILES string of the molecule is CC(C)(CNCCC#N)c1cccc2ccccc12. The van der Waals surface area contributed by atoms with E-state index < -0.39 is 0 Å². The van der Waals surface area contributed by atoms with Crippen LogP contribution in [0.5, 0.6) is 0 Å². The van der Waals surface area contributed by atoms with Gasteiger partial charge in [0.05, 0.1) is 6.07 Å². The van der Waals surface area contributed by atoms with Crippen molar-refractivity contribution in [3.05, 3.63) is 48.0 Å². The molecule has 0 bridgehead atoms. The van der Waals surface area contributed by atoms with Gasteiger partial charge >= 0.3 is 0 Å². The maximum absolute atomic E-state index is 8.56. The van der Waals surface area contributed by atoms with Crippen LogP contribution in [0.15, 0.2) is 42.5 Å². The number of nitrogens with zero attached hydrogens (tertiary/aromatic N) is 1. The summed E-state index contributed by atoms with van der Waals surface area (Å²) >= 11 is 0. The Morgan fingerprint density at radius 2 is 1.84 bits per heavy atom. The number of hydrogen-bond donors (Lipinski definition) is 1. The minimum atomic E-state index is 0.0519. The normalized spacial score (nSPS) is 11.4. The topological polar surface area (TPSA) is 35.8 Å². The molecule has 0 amide bonds. The molecule has 2 aromatic rings. The zero-order valence-corrected chi connectivity index (χ0v) is 11.6. The van der Waals surface area contributed by atoms with Crippen LogP contribution in [-0.2, 0) is 5.41 Å². The van der Waals surface area contributed by atoms with Crippen LogP contribution in [0.2, 0.25) is 0 Å². The zero-order valence-electron chi connectivity index (χ0n) is 11.6. The molecule has 0 saturated heterocycles. The van der Waals surface area contributed by atoms with Crippen molar-refractivity contribution in [1.82, 2.24) is 5.32 Å². The van der Waals surface area contributed by atoms with Gasteiger partial charge in [-0.25, -0.2) is 0 Å². The van der Waals surface area contributed by atoms with Gasteiger partial charge < -0.3 is 5.32 Å². The highest BCUT2D eigenvalue weighted by atomic mass is 14.9. The van der Waals surface area contributed by atoms with Crippen LogP contribution in [0.1, 0.15) is 25.8 Å². The molecule has 0 aromatic heterocycles. The van der Waals surface area contributed by atoms with Crippen LogP contribution >= 0.6 is 0 Å². The first-order chi connectivity index (χ1) is 9.15. The second kappa shape index (κ2) is 5.86. The lowest BCUT2D eigenvalue weighted by molar-refractivity contribution is 0.476. The van der Waals surface area contributed by atoms with Crippen molar-refractivity contribution in [2.24, 2.45) is 0 Å². The number of rotatable bonds is 5. The summed E-state index contributed by atoms with van der Waals surface area (Å²) in [5.41, 5.74) is 1.41. The van der Waals surface area contributed by atoms with Crippen LogP contribution in [0, 0.1) is 11.3 Å². The summed E-state index contributed by atoms with van der Waals surface area (Å²) in [6, 6.07) is 17.1. The molecule has 0 fully saturated rings. The molecule has 0 aliphatic carbocycles. The van der Waals surface area contributed by atoms with E-state index in [1.165, 1.54) is 16.3 Å². The molecule has 19 heavy (non-hydrogen) atoms. The quantitative estimate of drug-likeness (QED) is 0.825. The fourth-order valence-electron chi connectivity index (χ4n) is 2.46. The first-order valence-electron chi connectivity index (χ1n) is 6.71. The number of benzene rings is 2. The summed E-state index contributed by atoms with van der Waals surface area (Å²) in [6.07, 6.45) is 0.561. The molecule has 98 valence electrons. The maximum Gasteiger partial charge on any atom is 0.0635 e. The molecule has 2 rings (SSSR count). The third-order valence-electron chi connectivity index (χ3n) is 3.50. The van der Waals surface area contributed by atoms with Crippen molar-refractivity contribution in [3.8, 4) is 6.07 Å². The Bertz CT molecular complexity index is 588. The number of hydrogen-bond acceptors (Lipinski definition) is 2. The lowest BCUT2D eigenvalue weighted by Crippen LogP contribution is -2.33. The summed E-state index contributed by atoms with van der Waals surface area (Å²) in [4.78, 5) is 0. The summed E-state index contributed by atoms with van der Waals surface area (Å²) in [5.74, 6) is 0. The molecule has 0 heterocycles. The van der Waals surface area contributed by atoms with Crippen LogP contribution in [0.4, 0.5) is 0 Å². The van der Waals surface area contributed by atoms with Gasteiger partial charge in [-0.3, -0.25) is 0 Å². The zero-order chi connectivity index (χ0) is 13.7. The van der Waals surface area contributed by atoms with Crippen LogP contribution < -0.4 is 5.32 Å². The van der Waals surface area contributed by atoms with Crippen molar-refractivity contribution in [1.29, 1.82) is 5.26 Å². The molecule has 0 radical (unpaired) electrons. The molecule has 2 aromatic carbocycles. The van der Waals surface area contributed by atoms with E-state index in [0.29, 0.717) is 6.42 Å². The van der Waals surface area contributed by atoms with Gasteiger partial charge in [0.2, 0.25) is 0 Å². The molecule has 0 aliphatic rings. The predicted octanol–water partition coefficient (Wildman–Crippen LogP) is 3.62. The van der Waals surface area contributed by atoms with E-state index in [4.69, 9.17) is 5.26 Å². The third-order valence-corrected chi connectivity index (χ3v) is 3.50. The summed E-state index contributed by atoms with van der Waals surface area (Å²) in [5, 5.41) is 14.5. The fraction of sp³-hybridized carbons (Fsp3) is 0.353. The number of nitriles is 1. The van der Waals surface area contributed by atoms with E-state index in [1.807, 2.05) is 0 Å². The molecular formula is C17H20N2. The van der Waals surface area contributed by atoms with Crippen molar-refractivity contribution in [2.75, 3.05) is 13.1 Å². The van der Waals surface area contributed by atoms with Crippen LogP contribution in [0.3, 0.4) is 0 Å². The smallest absolute Gasteiger partial charge is 0.0635 e. The van der Waals surface area contributed by atoms with Gasteiger partial charge in [-0.15, -0.1) is 0 Å². The standard InChI is InChI=1S/C17H20N2/c1-17(2,13-19-12-6-11-18)16-10-5-8-14-7-3-4-9-15(14)16/h3-5,7-10,19H,6,12-13H2,1-2H3. The minimum absolute atomic E-state index is 0.0519. The van der Waals surface area contributed by atoms with Crippen LogP contribution in [-0.4, -0.2) is 13.1 Å². The van der Waals surface area contributed by atoms with Gasteiger partial charge in [-0.1, -0.05) is 56.3 Å². The molecule has 0 unspecified atom stereocenters. The monoisotopic (exact) mass is 252 g/mol. The second-order valence-electron chi connectivity index (χ2n) is 5.50. The highest BCUT2D eigenvalue weighted by Crippen LogP contribution is 2.29. The lowest BCUT2D eigenvalue weighted by atomic mass is 9.81. The van der Waals surface area contributed by atoms with Crippen molar-refractivity contribution in [3.63, 3.8) is 0 Å². The summed E-state index contributed by atoms with van der Waals surface area (Å²) in [7, 11) is 0. The summed E-state index contributed by atoms with van der Waals surface area (Å²) < 4.78 is 0. The average molecular weight is 252 g/mol. The van der Waals surface area contributed by atoms with Crippen molar-refractivity contribution >= 4 is 10.8 Å². The Morgan fingerprint density at radius 1 is 1.11 bits per heavy atom. The molecule has 0 saturated carbocycles. The van der Waals surface area contributed by atoms with E-state index in [-0.39, 0.29) is 5.41 Å². The molecule has 2 nitrogen and oxygen atoms in total. The Labute approximate surface area is 115 Å². The second-order valence-corrected chi connectivity index (χ2v) is 5.50. The predicted molar refractivity (Wildman–Crippen MR) is 80.1 cm³/mol. The molecule has 0 aliphatic heterocycles. The Balaban J connectivity index is 2.25. The van der Waals surface area contributed by atoms with Gasteiger partial charge in [0.25, 0.3) is 0 Å². The third kappa shape index (κ3) is 3.13. The maximum atomic E-state index is 8.56. The Morgan fingerprint density at radius 3 is 2.63 bits per heavy atom. The first kappa shape index (κ1) is 13.6. The van der Waals surface area contributed by atoms with E-state index in [9.17, 15) is 0 Å².